The highest BCUT2D eigenvalue weighted by molar-refractivity contribution is 6.70. The van der Waals surface area contributed by atoms with E-state index in [0.717, 1.165) is 11.3 Å². The molecule has 2 rings (SSSR count). The normalized spacial score (nSPS) is 18.6. The van der Waals surface area contributed by atoms with Gasteiger partial charge in [0.25, 0.3) is 0 Å². The van der Waals surface area contributed by atoms with E-state index in [1.165, 1.54) is 0 Å². The second-order valence-corrected chi connectivity index (χ2v) is 11.1. The van der Waals surface area contributed by atoms with Crippen molar-refractivity contribution in [1.29, 1.82) is 0 Å². The Bertz CT molecular complexity index is 537. The Morgan fingerprint density at radius 1 is 1.27 bits per heavy atom. The molecule has 1 amide bonds. The molecule has 1 heterocycles. The number of amides is 1. The Morgan fingerprint density at radius 3 is 2.55 bits per heavy atom. The number of rotatable bonds is 4. The van der Waals surface area contributed by atoms with Crippen LogP contribution in [-0.4, -0.2) is 32.4 Å². The number of hydrogen-bond acceptors (Lipinski definition) is 3. The molecule has 1 atom stereocenters. The lowest BCUT2D eigenvalue weighted by atomic mass is 10.1. The van der Waals surface area contributed by atoms with E-state index in [1.54, 1.807) is 4.90 Å². The molecule has 0 N–H and O–H groups in total. The van der Waals surface area contributed by atoms with Crippen LogP contribution < -0.4 is 0 Å². The van der Waals surface area contributed by atoms with Crippen LogP contribution in [-0.2, 0) is 15.8 Å². The Morgan fingerprint density at radius 2 is 1.95 bits per heavy atom. The summed E-state index contributed by atoms with van der Waals surface area (Å²) in [5, 5.41) is 0. The Kier molecular flexibility index (Phi) is 5.29. The standard InChI is InChI=1S/C17H25NO3Si/c1-14-12-18(11-10-16(14)21-22(2,3)4)17(19)20-13-15-8-6-5-7-9-15/h5-10,14H,11-13H2,1-4H3. The predicted molar refractivity (Wildman–Crippen MR) is 89.9 cm³/mol. The Balaban J connectivity index is 1.88. The summed E-state index contributed by atoms with van der Waals surface area (Å²) in [6, 6.07) is 9.73. The van der Waals surface area contributed by atoms with Crippen molar-refractivity contribution in [3.8, 4) is 0 Å². The second kappa shape index (κ2) is 7.00. The van der Waals surface area contributed by atoms with Crippen molar-refractivity contribution in [1.82, 2.24) is 4.90 Å². The van der Waals surface area contributed by atoms with Crippen LogP contribution in [0.3, 0.4) is 0 Å². The van der Waals surface area contributed by atoms with Crippen molar-refractivity contribution in [2.75, 3.05) is 13.1 Å². The van der Waals surface area contributed by atoms with Gasteiger partial charge in [-0.3, -0.25) is 0 Å². The number of nitrogens with zero attached hydrogens (tertiary/aromatic N) is 1. The molecule has 1 aliphatic rings. The maximum absolute atomic E-state index is 12.2. The number of benzene rings is 1. The molecule has 0 spiro atoms. The highest BCUT2D eigenvalue weighted by atomic mass is 28.4. The minimum Gasteiger partial charge on any atom is -0.547 e. The highest BCUT2D eigenvalue weighted by Gasteiger charge is 2.27. The molecule has 22 heavy (non-hydrogen) atoms. The van der Waals surface area contributed by atoms with Crippen molar-refractivity contribution in [2.45, 2.75) is 33.2 Å². The van der Waals surface area contributed by atoms with E-state index < -0.39 is 8.32 Å². The zero-order chi connectivity index (χ0) is 16.2. The molecule has 1 aromatic carbocycles. The van der Waals surface area contributed by atoms with Crippen molar-refractivity contribution < 1.29 is 14.0 Å². The van der Waals surface area contributed by atoms with Gasteiger partial charge in [-0.05, 0) is 31.3 Å². The van der Waals surface area contributed by atoms with Crippen LogP contribution in [0.1, 0.15) is 12.5 Å². The van der Waals surface area contributed by atoms with Crippen molar-refractivity contribution in [2.24, 2.45) is 5.92 Å². The van der Waals surface area contributed by atoms with Crippen molar-refractivity contribution >= 4 is 14.4 Å². The first-order valence-electron chi connectivity index (χ1n) is 7.70. The molecule has 1 aromatic rings. The summed E-state index contributed by atoms with van der Waals surface area (Å²) in [5.41, 5.74) is 0.999. The van der Waals surface area contributed by atoms with Gasteiger partial charge in [0.15, 0.2) is 0 Å². The average molecular weight is 319 g/mol. The molecule has 4 nitrogen and oxygen atoms in total. The summed E-state index contributed by atoms with van der Waals surface area (Å²) in [5.74, 6) is 1.23. The molecule has 0 saturated carbocycles. The summed E-state index contributed by atoms with van der Waals surface area (Å²) in [7, 11) is -1.60. The molecule has 0 bridgehead atoms. The van der Waals surface area contributed by atoms with Crippen LogP contribution in [0.5, 0.6) is 0 Å². The highest BCUT2D eigenvalue weighted by Crippen LogP contribution is 2.23. The van der Waals surface area contributed by atoms with E-state index in [9.17, 15) is 4.79 Å². The SMILES string of the molecule is CC1CN(C(=O)OCc2ccccc2)CC=C1O[Si](C)(C)C. The van der Waals surface area contributed by atoms with Gasteiger partial charge in [0.2, 0.25) is 8.32 Å². The Hall–Kier alpha value is -1.75. The van der Waals surface area contributed by atoms with Gasteiger partial charge in [0.05, 0.1) is 5.76 Å². The van der Waals surface area contributed by atoms with E-state index in [-0.39, 0.29) is 12.0 Å². The molecule has 1 unspecified atom stereocenters. The third-order valence-corrected chi connectivity index (χ3v) is 4.23. The molecule has 0 saturated heterocycles. The van der Waals surface area contributed by atoms with Gasteiger partial charge in [-0.15, -0.1) is 0 Å². The lowest BCUT2D eigenvalue weighted by Gasteiger charge is -2.33. The number of carbonyl (C=O) groups is 1. The minimum atomic E-state index is -1.60. The topological polar surface area (TPSA) is 38.8 Å². The van der Waals surface area contributed by atoms with Gasteiger partial charge >= 0.3 is 6.09 Å². The number of hydrogen-bond donors (Lipinski definition) is 0. The lowest BCUT2D eigenvalue weighted by molar-refractivity contribution is 0.0912. The van der Waals surface area contributed by atoms with Crippen LogP contribution in [0.4, 0.5) is 4.79 Å². The molecule has 0 fully saturated rings. The smallest absolute Gasteiger partial charge is 0.410 e. The Labute approximate surface area is 133 Å². The van der Waals surface area contributed by atoms with E-state index in [4.69, 9.17) is 9.16 Å². The molecule has 5 heteroatoms. The third kappa shape index (κ3) is 4.91. The number of ether oxygens (including phenoxy) is 1. The van der Waals surface area contributed by atoms with Crippen LogP contribution in [0, 0.1) is 5.92 Å². The van der Waals surface area contributed by atoms with Crippen LogP contribution in [0.15, 0.2) is 42.2 Å². The van der Waals surface area contributed by atoms with Crippen molar-refractivity contribution in [3.63, 3.8) is 0 Å². The fourth-order valence-electron chi connectivity index (χ4n) is 2.35. The monoisotopic (exact) mass is 319 g/mol. The van der Waals surface area contributed by atoms with Crippen LogP contribution >= 0.6 is 0 Å². The minimum absolute atomic E-state index is 0.213. The predicted octanol–water partition coefficient (Wildman–Crippen LogP) is 4.01. The molecule has 0 aliphatic carbocycles. The molecular weight excluding hydrogens is 294 g/mol. The summed E-state index contributed by atoms with van der Waals surface area (Å²) in [6.07, 6.45) is 1.75. The molecule has 120 valence electrons. The van der Waals surface area contributed by atoms with E-state index in [0.29, 0.717) is 19.7 Å². The van der Waals surface area contributed by atoms with E-state index >= 15 is 0 Å². The van der Waals surface area contributed by atoms with Crippen LogP contribution in [0.2, 0.25) is 19.6 Å². The van der Waals surface area contributed by atoms with E-state index in [2.05, 4.69) is 26.6 Å². The number of carbonyl (C=O) groups excluding carboxylic acids is 1. The second-order valence-electron chi connectivity index (χ2n) is 6.67. The zero-order valence-corrected chi connectivity index (χ0v) is 14.8. The van der Waals surface area contributed by atoms with Gasteiger partial charge in [0.1, 0.15) is 6.61 Å². The first kappa shape index (κ1) is 16.6. The lowest BCUT2D eigenvalue weighted by Crippen LogP contribution is -2.40. The maximum Gasteiger partial charge on any atom is 0.410 e. The molecule has 0 aromatic heterocycles. The maximum atomic E-state index is 12.2. The van der Waals surface area contributed by atoms with E-state index in [1.807, 2.05) is 36.4 Å². The fourth-order valence-corrected chi connectivity index (χ4v) is 3.34. The molecule has 0 radical (unpaired) electrons. The van der Waals surface area contributed by atoms with Crippen LogP contribution in [0.25, 0.3) is 0 Å². The first-order valence-corrected chi connectivity index (χ1v) is 11.1. The fraction of sp³-hybridized carbons (Fsp3) is 0.471. The summed E-state index contributed by atoms with van der Waals surface area (Å²) >= 11 is 0. The van der Waals surface area contributed by atoms with Gasteiger partial charge in [-0.1, -0.05) is 37.3 Å². The molecule has 1 aliphatic heterocycles. The zero-order valence-electron chi connectivity index (χ0n) is 13.8. The van der Waals surface area contributed by atoms with Gasteiger partial charge in [-0.25, -0.2) is 4.79 Å². The summed E-state index contributed by atoms with van der Waals surface area (Å²) in [4.78, 5) is 13.9. The van der Waals surface area contributed by atoms with Crippen molar-refractivity contribution in [3.05, 3.63) is 47.7 Å². The summed E-state index contributed by atoms with van der Waals surface area (Å²) in [6.45, 7) is 10.1. The average Bonchev–Trinajstić information content (AvgIpc) is 2.46. The largest absolute Gasteiger partial charge is 0.547 e. The van der Waals surface area contributed by atoms with Gasteiger partial charge < -0.3 is 14.1 Å². The molecular formula is C17H25NO3Si. The quantitative estimate of drug-likeness (QED) is 0.787. The first-order chi connectivity index (χ1) is 10.3. The summed E-state index contributed by atoms with van der Waals surface area (Å²) < 4.78 is 11.4. The third-order valence-electron chi connectivity index (χ3n) is 3.38. The van der Waals surface area contributed by atoms with Gasteiger partial charge in [-0.2, -0.15) is 0 Å². The van der Waals surface area contributed by atoms with Gasteiger partial charge in [0, 0.05) is 19.0 Å².